The van der Waals surface area contributed by atoms with E-state index in [1.54, 1.807) is 18.5 Å². The summed E-state index contributed by atoms with van der Waals surface area (Å²) in [5, 5.41) is 17.3. The van der Waals surface area contributed by atoms with Gasteiger partial charge in [-0.2, -0.15) is 5.10 Å². The second kappa shape index (κ2) is 6.79. The molecule has 132 valence electrons. The van der Waals surface area contributed by atoms with Gasteiger partial charge in [-0.05, 0) is 30.9 Å². The highest BCUT2D eigenvalue weighted by molar-refractivity contribution is 5.85. The molecule has 2 atom stereocenters. The molecule has 2 N–H and O–H groups in total. The lowest BCUT2D eigenvalue weighted by atomic mass is 9.80. The highest BCUT2D eigenvalue weighted by atomic mass is 16.3. The van der Waals surface area contributed by atoms with Crippen molar-refractivity contribution in [3.8, 4) is 0 Å². The molecule has 2 fully saturated rings. The van der Waals surface area contributed by atoms with Crippen molar-refractivity contribution in [2.75, 3.05) is 18.0 Å². The van der Waals surface area contributed by atoms with Gasteiger partial charge >= 0.3 is 0 Å². The first kappa shape index (κ1) is 16.0. The maximum absolute atomic E-state index is 12.6. The van der Waals surface area contributed by atoms with Crippen LogP contribution < -0.4 is 10.2 Å². The summed E-state index contributed by atoms with van der Waals surface area (Å²) in [6.07, 6.45) is 8.86. The molecule has 3 heterocycles. The van der Waals surface area contributed by atoms with Crippen LogP contribution in [0.4, 0.5) is 5.82 Å². The maximum atomic E-state index is 12.6. The van der Waals surface area contributed by atoms with Crippen molar-refractivity contribution in [1.29, 1.82) is 0 Å². The third-order valence-electron chi connectivity index (χ3n) is 5.12. The first-order valence-corrected chi connectivity index (χ1v) is 8.68. The Balaban J connectivity index is 1.30. The molecule has 8 nitrogen and oxygen atoms in total. The van der Waals surface area contributed by atoms with Crippen molar-refractivity contribution in [1.82, 2.24) is 25.1 Å². The third kappa shape index (κ3) is 3.34. The van der Waals surface area contributed by atoms with E-state index < -0.39 is 6.10 Å². The van der Waals surface area contributed by atoms with Crippen molar-refractivity contribution in [3.63, 3.8) is 0 Å². The van der Waals surface area contributed by atoms with Crippen molar-refractivity contribution in [2.24, 2.45) is 5.92 Å². The van der Waals surface area contributed by atoms with E-state index in [1.165, 1.54) is 6.33 Å². The van der Waals surface area contributed by atoms with Crippen LogP contribution in [0.25, 0.3) is 0 Å². The molecule has 1 saturated carbocycles. The van der Waals surface area contributed by atoms with Gasteiger partial charge in [-0.15, -0.1) is 0 Å². The largest absolute Gasteiger partial charge is 0.391 e. The minimum absolute atomic E-state index is 0.0438. The number of β-amino-alcohol motifs (C(OH)–C–C–N with tert-alkyl or cyclic N) is 1. The van der Waals surface area contributed by atoms with E-state index in [0.29, 0.717) is 37.3 Å². The number of carbonyl (C=O) groups excluding carboxylic acids is 1. The summed E-state index contributed by atoms with van der Waals surface area (Å²) in [5.74, 6) is 1.11. The van der Waals surface area contributed by atoms with Gasteiger partial charge < -0.3 is 15.3 Å². The molecule has 0 spiro atoms. The summed E-state index contributed by atoms with van der Waals surface area (Å²) in [5.41, 5.74) is 0. The summed E-state index contributed by atoms with van der Waals surface area (Å²) < 4.78 is 1.99. The van der Waals surface area contributed by atoms with E-state index in [1.807, 2.05) is 21.8 Å². The van der Waals surface area contributed by atoms with Crippen LogP contribution in [0, 0.1) is 5.92 Å². The number of rotatable bonds is 5. The number of carbonyl (C=O) groups is 1. The standard InChI is InChI=1S/C17H22N6O2/c24-14-8-15(22(10-14)16-2-4-18-11-20-16)17(25)19-9-12-6-13(7-12)23-5-1-3-21-23/h1-5,11-15,24H,6-10H2,(H,19,25). The summed E-state index contributed by atoms with van der Waals surface area (Å²) in [7, 11) is 0. The Hall–Kier alpha value is -2.48. The van der Waals surface area contributed by atoms with E-state index in [0.717, 1.165) is 12.8 Å². The third-order valence-corrected chi connectivity index (χ3v) is 5.12. The van der Waals surface area contributed by atoms with Crippen LogP contribution in [0.1, 0.15) is 25.3 Å². The monoisotopic (exact) mass is 342 g/mol. The van der Waals surface area contributed by atoms with E-state index in [-0.39, 0.29) is 11.9 Å². The number of aliphatic hydroxyl groups excluding tert-OH is 1. The van der Waals surface area contributed by atoms with E-state index in [9.17, 15) is 9.90 Å². The molecule has 2 aliphatic rings. The molecular formula is C17H22N6O2. The molecule has 4 rings (SSSR count). The predicted molar refractivity (Wildman–Crippen MR) is 90.8 cm³/mol. The van der Waals surface area contributed by atoms with E-state index in [2.05, 4.69) is 20.4 Å². The van der Waals surface area contributed by atoms with Crippen LogP contribution in [0.5, 0.6) is 0 Å². The Morgan fingerprint density at radius 1 is 1.32 bits per heavy atom. The van der Waals surface area contributed by atoms with Gasteiger partial charge in [0, 0.05) is 38.1 Å². The lowest BCUT2D eigenvalue weighted by Gasteiger charge is -2.36. The molecule has 1 amide bonds. The van der Waals surface area contributed by atoms with Gasteiger partial charge in [-0.25, -0.2) is 9.97 Å². The zero-order chi connectivity index (χ0) is 17.2. The van der Waals surface area contributed by atoms with E-state index >= 15 is 0 Å². The van der Waals surface area contributed by atoms with Crippen molar-refractivity contribution in [3.05, 3.63) is 37.1 Å². The molecule has 0 aromatic carbocycles. The van der Waals surface area contributed by atoms with Crippen molar-refractivity contribution >= 4 is 11.7 Å². The number of nitrogens with zero attached hydrogens (tertiary/aromatic N) is 5. The molecule has 2 aromatic heterocycles. The van der Waals surface area contributed by atoms with Crippen LogP contribution in [0.3, 0.4) is 0 Å². The molecular weight excluding hydrogens is 320 g/mol. The van der Waals surface area contributed by atoms with Crippen molar-refractivity contribution in [2.45, 2.75) is 37.5 Å². The Morgan fingerprint density at radius 3 is 2.92 bits per heavy atom. The quantitative estimate of drug-likeness (QED) is 0.815. The molecule has 0 radical (unpaired) electrons. The second-order valence-electron chi connectivity index (χ2n) is 6.85. The highest BCUT2D eigenvalue weighted by Crippen LogP contribution is 2.36. The first-order chi connectivity index (χ1) is 12.2. The van der Waals surface area contributed by atoms with Crippen LogP contribution in [-0.4, -0.2) is 56.0 Å². The normalized spacial score (nSPS) is 28.6. The van der Waals surface area contributed by atoms with Crippen LogP contribution in [-0.2, 0) is 4.79 Å². The molecule has 8 heteroatoms. The van der Waals surface area contributed by atoms with Gasteiger partial charge in [0.25, 0.3) is 0 Å². The summed E-state index contributed by atoms with van der Waals surface area (Å²) >= 11 is 0. The zero-order valence-corrected chi connectivity index (χ0v) is 13.9. The summed E-state index contributed by atoms with van der Waals surface area (Å²) in [4.78, 5) is 22.6. The van der Waals surface area contributed by atoms with Crippen molar-refractivity contribution < 1.29 is 9.90 Å². The average molecular weight is 342 g/mol. The molecule has 25 heavy (non-hydrogen) atoms. The zero-order valence-electron chi connectivity index (χ0n) is 13.9. The van der Waals surface area contributed by atoms with Gasteiger partial charge in [0.15, 0.2) is 0 Å². The van der Waals surface area contributed by atoms with Gasteiger partial charge in [-0.3, -0.25) is 9.48 Å². The smallest absolute Gasteiger partial charge is 0.242 e. The maximum Gasteiger partial charge on any atom is 0.242 e. The van der Waals surface area contributed by atoms with Gasteiger partial charge in [-0.1, -0.05) is 0 Å². The topological polar surface area (TPSA) is 96.2 Å². The predicted octanol–water partition coefficient (Wildman–Crippen LogP) is 0.380. The fraction of sp³-hybridized carbons (Fsp3) is 0.529. The fourth-order valence-corrected chi connectivity index (χ4v) is 3.71. The number of aliphatic hydroxyl groups is 1. The van der Waals surface area contributed by atoms with Crippen LogP contribution in [0.2, 0.25) is 0 Å². The highest BCUT2D eigenvalue weighted by Gasteiger charge is 2.37. The fourth-order valence-electron chi connectivity index (χ4n) is 3.71. The molecule has 1 aliphatic heterocycles. The second-order valence-corrected chi connectivity index (χ2v) is 6.85. The Morgan fingerprint density at radius 2 is 2.20 bits per heavy atom. The minimum atomic E-state index is -0.515. The average Bonchev–Trinajstić information content (AvgIpc) is 3.24. The number of amides is 1. The van der Waals surface area contributed by atoms with Gasteiger partial charge in [0.05, 0.1) is 12.1 Å². The molecule has 0 bridgehead atoms. The number of hydrogen-bond donors (Lipinski definition) is 2. The number of hydrogen-bond acceptors (Lipinski definition) is 6. The lowest BCUT2D eigenvalue weighted by molar-refractivity contribution is -0.122. The number of anilines is 1. The molecule has 2 unspecified atom stereocenters. The van der Waals surface area contributed by atoms with Crippen LogP contribution in [0.15, 0.2) is 37.1 Å². The number of aromatic nitrogens is 4. The summed E-state index contributed by atoms with van der Waals surface area (Å²) in [6, 6.07) is 3.76. The Labute approximate surface area is 145 Å². The Bertz CT molecular complexity index is 701. The molecule has 1 aliphatic carbocycles. The Kier molecular flexibility index (Phi) is 4.35. The van der Waals surface area contributed by atoms with E-state index in [4.69, 9.17) is 0 Å². The summed E-state index contributed by atoms with van der Waals surface area (Å²) in [6.45, 7) is 1.08. The molecule has 1 saturated heterocycles. The van der Waals surface area contributed by atoms with Gasteiger partial charge in [0.1, 0.15) is 18.2 Å². The molecule has 2 aromatic rings. The van der Waals surface area contributed by atoms with Gasteiger partial charge in [0.2, 0.25) is 5.91 Å². The lowest BCUT2D eigenvalue weighted by Crippen LogP contribution is -2.46. The van der Waals surface area contributed by atoms with Crippen LogP contribution >= 0.6 is 0 Å². The minimum Gasteiger partial charge on any atom is -0.391 e. The first-order valence-electron chi connectivity index (χ1n) is 8.68. The SMILES string of the molecule is O=C(NCC1CC(n2cccn2)C1)C1CC(O)CN1c1ccncn1. The number of nitrogens with one attached hydrogen (secondary N) is 1.